The molecule has 0 amide bonds. The Morgan fingerprint density at radius 1 is 1.08 bits per heavy atom. The highest BCUT2D eigenvalue weighted by atomic mass is 28.4. The van der Waals surface area contributed by atoms with E-state index >= 15 is 0 Å². The summed E-state index contributed by atoms with van der Waals surface area (Å²) >= 11 is 0. The molecule has 6 nitrogen and oxygen atoms in total. The molecule has 136 valence electrons. The number of fused-ring (bicyclic) bond motifs is 1. The molecule has 0 N–H and O–H groups in total. The fourth-order valence-corrected chi connectivity index (χ4v) is 3.21. The van der Waals surface area contributed by atoms with Crippen molar-refractivity contribution in [3.8, 4) is 5.75 Å². The Morgan fingerprint density at radius 2 is 1.68 bits per heavy atom. The van der Waals surface area contributed by atoms with E-state index in [9.17, 15) is 9.59 Å². The third-order valence-electron chi connectivity index (χ3n) is 4.67. The Hall–Kier alpha value is -2.28. The van der Waals surface area contributed by atoms with Crippen molar-refractivity contribution in [3.05, 3.63) is 29.5 Å². The summed E-state index contributed by atoms with van der Waals surface area (Å²) in [7, 11) is 0.335. The van der Waals surface area contributed by atoms with Gasteiger partial charge >= 0.3 is 11.9 Å². The molecule has 0 saturated carbocycles. The van der Waals surface area contributed by atoms with Gasteiger partial charge in [0.1, 0.15) is 11.3 Å². The van der Waals surface area contributed by atoms with Crippen molar-refractivity contribution in [3.63, 3.8) is 0 Å². The van der Waals surface area contributed by atoms with Crippen LogP contribution < -0.4 is 4.43 Å². The smallest absolute Gasteiger partial charge is 0.342 e. The first-order valence-electron chi connectivity index (χ1n) is 7.93. The lowest BCUT2D eigenvalue weighted by atomic mass is 10.0. The van der Waals surface area contributed by atoms with Crippen LogP contribution >= 0.6 is 0 Å². The number of rotatable bonds is 4. The van der Waals surface area contributed by atoms with Gasteiger partial charge in [-0.25, -0.2) is 9.59 Å². The zero-order valence-electron chi connectivity index (χ0n) is 15.7. The summed E-state index contributed by atoms with van der Waals surface area (Å²) in [4.78, 5) is 24.4. The van der Waals surface area contributed by atoms with Gasteiger partial charge < -0.3 is 18.3 Å². The van der Waals surface area contributed by atoms with Crippen molar-refractivity contribution < 1.29 is 27.9 Å². The Bertz CT molecular complexity index is 813. The summed E-state index contributed by atoms with van der Waals surface area (Å²) in [5.74, 6) is -0.818. The van der Waals surface area contributed by atoms with E-state index in [0.29, 0.717) is 11.1 Å². The average molecular weight is 364 g/mol. The van der Waals surface area contributed by atoms with Crippen LogP contribution in [0.15, 0.2) is 22.8 Å². The summed E-state index contributed by atoms with van der Waals surface area (Å²) in [6.07, 6.45) is 1.46. The minimum absolute atomic E-state index is 0.0322. The van der Waals surface area contributed by atoms with E-state index in [1.165, 1.54) is 26.5 Å². The molecule has 2 rings (SSSR count). The molecule has 2 aromatic rings. The maximum Gasteiger partial charge on any atom is 0.342 e. The molecule has 0 aliphatic heterocycles. The van der Waals surface area contributed by atoms with Crippen LogP contribution in [-0.4, -0.2) is 34.5 Å². The monoisotopic (exact) mass is 364 g/mol. The van der Waals surface area contributed by atoms with Crippen LogP contribution in [0, 0.1) is 0 Å². The van der Waals surface area contributed by atoms with E-state index < -0.39 is 20.3 Å². The Kier molecular flexibility index (Phi) is 4.99. The third-order valence-corrected chi connectivity index (χ3v) is 9.01. The number of hydrogen-bond donors (Lipinski definition) is 0. The molecule has 1 aromatic carbocycles. The van der Waals surface area contributed by atoms with Gasteiger partial charge in [-0.15, -0.1) is 0 Å². The number of carbonyl (C=O) groups excluding carboxylic acids is 2. The van der Waals surface area contributed by atoms with E-state index in [2.05, 4.69) is 33.9 Å². The lowest BCUT2D eigenvalue weighted by Crippen LogP contribution is -2.44. The topological polar surface area (TPSA) is 75.0 Å². The van der Waals surface area contributed by atoms with Gasteiger partial charge in [0, 0.05) is 0 Å². The molecule has 0 bridgehead atoms. The number of ether oxygens (including phenoxy) is 2. The molecular formula is C18H24O6Si. The molecule has 0 aliphatic rings. The number of benzene rings is 1. The second kappa shape index (κ2) is 6.55. The molecule has 0 unspecified atom stereocenters. The lowest BCUT2D eigenvalue weighted by molar-refractivity contribution is 0.0556. The van der Waals surface area contributed by atoms with E-state index in [0.717, 1.165) is 0 Å². The predicted molar refractivity (Wildman–Crippen MR) is 96.7 cm³/mol. The van der Waals surface area contributed by atoms with Crippen molar-refractivity contribution in [1.82, 2.24) is 0 Å². The minimum atomic E-state index is -2.17. The lowest BCUT2D eigenvalue weighted by Gasteiger charge is -2.36. The second-order valence-corrected chi connectivity index (χ2v) is 12.0. The Balaban J connectivity index is 2.73. The van der Waals surface area contributed by atoms with Crippen LogP contribution in [0.1, 0.15) is 41.5 Å². The van der Waals surface area contributed by atoms with Crippen molar-refractivity contribution in [1.29, 1.82) is 0 Å². The van der Waals surface area contributed by atoms with Gasteiger partial charge in [0.15, 0.2) is 5.58 Å². The Labute approximate surface area is 148 Å². The van der Waals surface area contributed by atoms with E-state index in [1.54, 1.807) is 6.07 Å². The van der Waals surface area contributed by atoms with Crippen LogP contribution in [0.3, 0.4) is 0 Å². The van der Waals surface area contributed by atoms with Gasteiger partial charge in [-0.3, -0.25) is 0 Å². The molecule has 0 spiro atoms. The van der Waals surface area contributed by atoms with Crippen LogP contribution in [0.2, 0.25) is 18.1 Å². The van der Waals surface area contributed by atoms with E-state index in [1.807, 2.05) is 0 Å². The molecule has 1 heterocycles. The maximum atomic E-state index is 12.2. The first-order valence-corrected chi connectivity index (χ1v) is 10.8. The van der Waals surface area contributed by atoms with E-state index in [4.69, 9.17) is 18.3 Å². The molecule has 25 heavy (non-hydrogen) atoms. The maximum absolute atomic E-state index is 12.2. The summed E-state index contributed by atoms with van der Waals surface area (Å²) in [5, 5.41) is 0.591. The van der Waals surface area contributed by atoms with Crippen LogP contribution in [-0.2, 0) is 9.47 Å². The molecule has 0 radical (unpaired) electrons. The van der Waals surface area contributed by atoms with Gasteiger partial charge in [-0.1, -0.05) is 20.8 Å². The minimum Gasteiger partial charge on any atom is -0.543 e. The number of carbonyl (C=O) groups is 2. The van der Waals surface area contributed by atoms with E-state index in [-0.39, 0.29) is 21.7 Å². The van der Waals surface area contributed by atoms with Crippen molar-refractivity contribution in [2.45, 2.75) is 38.9 Å². The number of hydrogen-bond acceptors (Lipinski definition) is 6. The average Bonchev–Trinajstić information content (AvgIpc) is 3.01. The van der Waals surface area contributed by atoms with Crippen LogP contribution in [0.25, 0.3) is 11.0 Å². The molecule has 1 aromatic heterocycles. The largest absolute Gasteiger partial charge is 0.543 e. The van der Waals surface area contributed by atoms with Gasteiger partial charge in [-0.2, -0.15) is 0 Å². The van der Waals surface area contributed by atoms with Gasteiger partial charge in [-0.05, 0) is 30.3 Å². The highest BCUT2D eigenvalue weighted by Gasteiger charge is 2.40. The highest BCUT2D eigenvalue weighted by Crippen LogP contribution is 2.41. The van der Waals surface area contributed by atoms with Crippen LogP contribution in [0.5, 0.6) is 5.75 Å². The first kappa shape index (κ1) is 19.0. The fraction of sp³-hybridized carbons (Fsp3) is 0.444. The summed E-state index contributed by atoms with van der Waals surface area (Å²) in [6, 6.07) is 3.25. The second-order valence-electron chi connectivity index (χ2n) is 7.31. The molecule has 7 heteroatoms. The predicted octanol–water partition coefficient (Wildman–Crippen LogP) is 4.39. The number of furan rings is 1. The zero-order chi connectivity index (χ0) is 19.0. The van der Waals surface area contributed by atoms with Gasteiger partial charge in [0.2, 0.25) is 0 Å². The third kappa shape index (κ3) is 3.42. The first-order chi connectivity index (χ1) is 11.5. The quantitative estimate of drug-likeness (QED) is 0.592. The zero-order valence-corrected chi connectivity index (χ0v) is 16.7. The summed E-state index contributed by atoms with van der Waals surface area (Å²) < 4.78 is 21.5. The summed E-state index contributed by atoms with van der Waals surface area (Å²) in [6.45, 7) is 10.6. The van der Waals surface area contributed by atoms with Gasteiger partial charge in [0.05, 0.1) is 31.4 Å². The molecule has 0 fully saturated rings. The Morgan fingerprint density at radius 3 is 2.20 bits per heavy atom. The van der Waals surface area contributed by atoms with Crippen molar-refractivity contribution in [2.24, 2.45) is 0 Å². The molecule has 0 aliphatic carbocycles. The van der Waals surface area contributed by atoms with Crippen LogP contribution in [0.4, 0.5) is 0 Å². The van der Waals surface area contributed by atoms with Gasteiger partial charge in [0.25, 0.3) is 8.32 Å². The van der Waals surface area contributed by atoms with Crippen molar-refractivity contribution in [2.75, 3.05) is 14.2 Å². The molecule has 0 saturated heterocycles. The molecule has 0 atom stereocenters. The molecular weight excluding hydrogens is 340 g/mol. The number of esters is 2. The standard InChI is InChI=1S/C18H24O6Si/c1-18(2,3)25(6,7)24-13-10-12(16(19)21-4)14(17(20)22-5)15-11(13)8-9-23-15/h8-10H,1-7H3. The summed E-state index contributed by atoms with van der Waals surface area (Å²) in [5.41, 5.74) is 0.353. The highest BCUT2D eigenvalue weighted by molar-refractivity contribution is 6.74. The van der Waals surface area contributed by atoms with Crippen molar-refractivity contribution >= 4 is 31.2 Å². The normalized spacial score (nSPS) is 12.1. The fourth-order valence-electron chi connectivity index (χ4n) is 2.19. The SMILES string of the molecule is COC(=O)c1cc(O[Si](C)(C)C(C)(C)C)c2ccoc2c1C(=O)OC. The number of methoxy groups -OCH3 is 2.